The molecular weight excluding hydrogens is 256 g/mol. The van der Waals surface area contributed by atoms with Gasteiger partial charge < -0.3 is 15.3 Å². The summed E-state index contributed by atoms with van der Waals surface area (Å²) in [6, 6.07) is 3.92. The van der Waals surface area contributed by atoms with Gasteiger partial charge in [0.25, 0.3) is 0 Å². The molecule has 0 radical (unpaired) electrons. The van der Waals surface area contributed by atoms with Crippen LogP contribution in [0.2, 0.25) is 5.02 Å². The van der Waals surface area contributed by atoms with E-state index >= 15 is 0 Å². The number of hydrogen-bond donors (Lipinski definition) is 2. The molecule has 0 aromatic heterocycles. The minimum Gasteiger partial charge on any atom is -0.478 e. The van der Waals surface area contributed by atoms with Crippen LogP contribution in [0, 0.1) is 0 Å². The van der Waals surface area contributed by atoms with E-state index in [9.17, 15) is 9.59 Å². The Morgan fingerprint density at radius 2 is 2.00 bits per heavy atom. The zero-order valence-corrected chi connectivity index (χ0v) is 11.2. The molecule has 0 atom stereocenters. The number of halogens is 1. The van der Waals surface area contributed by atoms with Gasteiger partial charge in [-0.1, -0.05) is 11.6 Å². The van der Waals surface area contributed by atoms with Crippen molar-refractivity contribution in [3.05, 3.63) is 28.8 Å². The van der Waals surface area contributed by atoms with Crippen molar-refractivity contribution in [3.8, 4) is 0 Å². The quantitative estimate of drug-likeness (QED) is 0.887. The Morgan fingerprint density at radius 3 is 2.44 bits per heavy atom. The van der Waals surface area contributed by atoms with Gasteiger partial charge in [0.05, 0.1) is 16.3 Å². The van der Waals surface area contributed by atoms with E-state index in [0.29, 0.717) is 5.69 Å². The molecule has 5 nitrogen and oxygen atoms in total. The van der Waals surface area contributed by atoms with Crippen LogP contribution in [0.25, 0.3) is 0 Å². The molecule has 0 aliphatic rings. The van der Waals surface area contributed by atoms with Crippen LogP contribution < -0.4 is 5.32 Å². The van der Waals surface area contributed by atoms with Crippen molar-refractivity contribution in [2.24, 2.45) is 0 Å². The van der Waals surface area contributed by atoms with Crippen molar-refractivity contribution < 1.29 is 14.7 Å². The average molecular weight is 271 g/mol. The molecule has 0 heterocycles. The molecule has 2 N–H and O–H groups in total. The Morgan fingerprint density at radius 1 is 1.39 bits per heavy atom. The minimum atomic E-state index is -1.06. The van der Waals surface area contributed by atoms with Gasteiger partial charge in [-0.15, -0.1) is 0 Å². The molecule has 1 aromatic rings. The smallest absolute Gasteiger partial charge is 0.335 e. The van der Waals surface area contributed by atoms with Crippen molar-refractivity contribution in [1.29, 1.82) is 0 Å². The van der Waals surface area contributed by atoms with E-state index in [0.717, 1.165) is 0 Å². The van der Waals surface area contributed by atoms with Crippen molar-refractivity contribution in [1.82, 2.24) is 4.90 Å². The largest absolute Gasteiger partial charge is 0.478 e. The van der Waals surface area contributed by atoms with Gasteiger partial charge in [0.2, 0.25) is 0 Å². The van der Waals surface area contributed by atoms with E-state index in [1.54, 1.807) is 7.05 Å². The number of anilines is 1. The topological polar surface area (TPSA) is 69.6 Å². The summed E-state index contributed by atoms with van der Waals surface area (Å²) in [5.41, 5.74) is 0.467. The van der Waals surface area contributed by atoms with Gasteiger partial charge in [-0.3, -0.25) is 0 Å². The summed E-state index contributed by atoms with van der Waals surface area (Å²) in [5.74, 6) is -1.06. The zero-order valence-electron chi connectivity index (χ0n) is 10.4. The molecule has 2 amide bonds. The third-order valence-electron chi connectivity index (χ3n) is 2.55. The number of nitrogens with one attached hydrogen (secondary N) is 1. The third-order valence-corrected chi connectivity index (χ3v) is 2.87. The number of carbonyl (C=O) groups excluding carboxylic acids is 1. The lowest BCUT2D eigenvalue weighted by atomic mass is 10.2. The van der Waals surface area contributed by atoms with Crippen molar-refractivity contribution in [2.45, 2.75) is 19.9 Å². The fourth-order valence-corrected chi connectivity index (χ4v) is 1.42. The molecule has 0 bridgehead atoms. The molecule has 0 aliphatic carbocycles. The van der Waals surface area contributed by atoms with Crippen LogP contribution in [0.3, 0.4) is 0 Å². The number of carbonyl (C=O) groups is 2. The second-order valence-corrected chi connectivity index (χ2v) is 4.54. The first-order chi connectivity index (χ1) is 8.32. The summed E-state index contributed by atoms with van der Waals surface area (Å²) >= 11 is 5.91. The number of nitrogens with zero attached hydrogens (tertiary/aromatic N) is 1. The van der Waals surface area contributed by atoms with Crippen LogP contribution >= 0.6 is 11.6 Å². The van der Waals surface area contributed by atoms with Gasteiger partial charge in [-0.2, -0.15) is 0 Å². The van der Waals surface area contributed by atoms with Crippen LogP contribution in [0.4, 0.5) is 10.5 Å². The summed E-state index contributed by atoms with van der Waals surface area (Å²) in [6.07, 6.45) is 0. The Bertz CT molecular complexity index is 474. The highest BCUT2D eigenvalue weighted by Crippen LogP contribution is 2.23. The SMILES string of the molecule is CC(C)N(C)C(=O)Nc1ccc(C(=O)O)cc1Cl. The van der Waals surface area contributed by atoms with E-state index in [2.05, 4.69) is 5.32 Å². The highest BCUT2D eigenvalue weighted by molar-refractivity contribution is 6.34. The third kappa shape index (κ3) is 3.37. The predicted molar refractivity (Wildman–Crippen MR) is 70.3 cm³/mol. The number of carboxylic acids is 1. The molecule has 98 valence electrons. The van der Waals surface area contributed by atoms with Gasteiger partial charge >= 0.3 is 12.0 Å². The normalized spacial score (nSPS) is 10.3. The molecule has 0 spiro atoms. The number of benzene rings is 1. The number of hydrogen-bond acceptors (Lipinski definition) is 2. The maximum atomic E-state index is 11.8. The van der Waals surface area contributed by atoms with Gasteiger partial charge in [-0.05, 0) is 32.0 Å². The number of urea groups is 1. The van der Waals surface area contributed by atoms with Crippen molar-refractivity contribution in [3.63, 3.8) is 0 Å². The van der Waals surface area contributed by atoms with Crippen LogP contribution in [0.5, 0.6) is 0 Å². The first kappa shape index (κ1) is 14.3. The maximum absolute atomic E-state index is 11.8. The summed E-state index contributed by atoms with van der Waals surface area (Å²) in [5, 5.41) is 11.6. The predicted octanol–water partition coefficient (Wildman–Crippen LogP) is 2.91. The van der Waals surface area contributed by atoms with Crippen LogP contribution in [-0.4, -0.2) is 35.1 Å². The lowest BCUT2D eigenvalue weighted by molar-refractivity contribution is 0.0697. The number of rotatable bonds is 3. The lowest BCUT2D eigenvalue weighted by Gasteiger charge is -2.22. The number of amides is 2. The molecule has 0 saturated heterocycles. The minimum absolute atomic E-state index is 0.0575. The standard InChI is InChI=1S/C12H15ClN2O3/c1-7(2)15(3)12(18)14-10-5-4-8(11(16)17)6-9(10)13/h4-7H,1-3H3,(H,14,18)(H,16,17). The summed E-state index contributed by atoms with van der Waals surface area (Å²) in [4.78, 5) is 24.0. The molecule has 0 fully saturated rings. The van der Waals surface area contributed by atoms with Gasteiger partial charge in [-0.25, -0.2) is 9.59 Å². The molecule has 6 heteroatoms. The zero-order chi connectivity index (χ0) is 13.9. The Labute approximate surface area is 110 Å². The highest BCUT2D eigenvalue weighted by atomic mass is 35.5. The second kappa shape index (κ2) is 5.73. The Hall–Kier alpha value is -1.75. The van der Waals surface area contributed by atoms with Crippen LogP contribution in [-0.2, 0) is 0 Å². The highest BCUT2D eigenvalue weighted by Gasteiger charge is 2.14. The summed E-state index contributed by atoms with van der Waals surface area (Å²) in [7, 11) is 1.67. The van der Waals surface area contributed by atoms with Crippen molar-refractivity contribution >= 4 is 29.3 Å². The molecule has 1 aromatic carbocycles. The van der Waals surface area contributed by atoms with E-state index in [4.69, 9.17) is 16.7 Å². The van der Waals surface area contributed by atoms with Crippen molar-refractivity contribution in [2.75, 3.05) is 12.4 Å². The summed E-state index contributed by atoms with van der Waals surface area (Å²) in [6.45, 7) is 3.77. The second-order valence-electron chi connectivity index (χ2n) is 4.13. The molecule has 0 saturated carbocycles. The van der Waals surface area contributed by atoms with E-state index in [-0.39, 0.29) is 22.7 Å². The Kier molecular flexibility index (Phi) is 4.55. The van der Waals surface area contributed by atoms with E-state index in [1.807, 2.05) is 13.8 Å². The molecular formula is C12H15ClN2O3. The fraction of sp³-hybridized carbons (Fsp3) is 0.333. The van der Waals surface area contributed by atoms with E-state index < -0.39 is 5.97 Å². The van der Waals surface area contributed by atoms with Crippen LogP contribution in [0.15, 0.2) is 18.2 Å². The first-order valence-corrected chi connectivity index (χ1v) is 5.77. The molecule has 18 heavy (non-hydrogen) atoms. The maximum Gasteiger partial charge on any atom is 0.335 e. The van der Waals surface area contributed by atoms with Crippen LogP contribution in [0.1, 0.15) is 24.2 Å². The monoisotopic (exact) mass is 270 g/mol. The molecule has 0 unspecified atom stereocenters. The van der Waals surface area contributed by atoms with E-state index in [1.165, 1.54) is 23.1 Å². The Balaban J connectivity index is 2.86. The van der Waals surface area contributed by atoms with Gasteiger partial charge in [0.1, 0.15) is 0 Å². The molecule has 1 rings (SSSR count). The fourth-order valence-electron chi connectivity index (χ4n) is 1.19. The number of carboxylic acid groups (broad SMARTS) is 1. The average Bonchev–Trinajstić information content (AvgIpc) is 2.30. The number of aromatic carboxylic acids is 1. The van der Waals surface area contributed by atoms with Gasteiger partial charge in [0, 0.05) is 13.1 Å². The lowest BCUT2D eigenvalue weighted by Crippen LogP contribution is -2.36. The van der Waals surface area contributed by atoms with Gasteiger partial charge in [0.15, 0.2) is 0 Å². The first-order valence-electron chi connectivity index (χ1n) is 5.39. The molecule has 0 aliphatic heterocycles. The summed E-state index contributed by atoms with van der Waals surface area (Å²) < 4.78 is 0.